The summed E-state index contributed by atoms with van der Waals surface area (Å²) < 4.78 is 35.0. The molecule has 1 fully saturated rings. The number of hydrogen-bond donors (Lipinski definition) is 3. The molecule has 0 aromatic heterocycles. The molecule has 2 rings (SSSR count). The number of nitrogens with one attached hydrogen (secondary N) is 2. The lowest BCUT2D eigenvalue weighted by Crippen LogP contribution is -2.44. The number of rotatable bonds is 7. The van der Waals surface area contributed by atoms with Gasteiger partial charge in [0.25, 0.3) is 5.91 Å². The Hall–Kier alpha value is -2.30. The van der Waals surface area contributed by atoms with E-state index in [9.17, 15) is 18.4 Å². The second kappa shape index (κ2) is 8.70. The first-order valence-electron chi connectivity index (χ1n) is 7.61. The molecule has 25 heavy (non-hydrogen) atoms. The van der Waals surface area contributed by atoms with E-state index in [0.717, 1.165) is 0 Å². The number of benzene rings is 1. The number of nitrogens with two attached hydrogens (primary N) is 1. The Kier molecular flexibility index (Phi) is 6.62. The van der Waals surface area contributed by atoms with Crippen LogP contribution in [0.2, 0.25) is 0 Å². The zero-order valence-corrected chi connectivity index (χ0v) is 13.6. The lowest BCUT2D eigenvalue weighted by molar-refractivity contribution is -0.125. The fourth-order valence-corrected chi connectivity index (χ4v) is 2.36. The van der Waals surface area contributed by atoms with Gasteiger partial charge in [0.15, 0.2) is 5.75 Å². The first-order chi connectivity index (χ1) is 12.0. The second-order valence-corrected chi connectivity index (χ2v) is 5.23. The van der Waals surface area contributed by atoms with Crippen molar-refractivity contribution in [1.29, 1.82) is 0 Å². The van der Waals surface area contributed by atoms with E-state index in [4.69, 9.17) is 10.5 Å². The summed E-state index contributed by atoms with van der Waals surface area (Å²) in [6, 6.07) is 3.55. The molecule has 1 aliphatic rings. The molecule has 0 unspecified atom stereocenters. The van der Waals surface area contributed by atoms with Crippen molar-refractivity contribution in [2.45, 2.75) is 12.7 Å². The highest BCUT2D eigenvalue weighted by Crippen LogP contribution is 2.33. The number of hydrogen-bond acceptors (Lipinski definition) is 6. The minimum atomic E-state index is -3.07. The minimum Gasteiger partial charge on any atom is -0.433 e. The highest BCUT2D eigenvalue weighted by molar-refractivity contribution is 5.98. The van der Waals surface area contributed by atoms with Crippen LogP contribution in [0.15, 0.2) is 18.2 Å². The maximum absolute atomic E-state index is 12.7. The molecule has 0 bridgehead atoms. The third-order valence-corrected chi connectivity index (χ3v) is 3.62. The van der Waals surface area contributed by atoms with E-state index >= 15 is 0 Å². The van der Waals surface area contributed by atoms with E-state index in [1.54, 1.807) is 7.05 Å². The van der Waals surface area contributed by atoms with Gasteiger partial charge in [-0.25, -0.2) is 0 Å². The smallest absolute Gasteiger partial charge is 0.387 e. The summed E-state index contributed by atoms with van der Waals surface area (Å²) in [6.45, 7) is -2.62. The zero-order chi connectivity index (χ0) is 18.4. The fourth-order valence-electron chi connectivity index (χ4n) is 2.36. The molecule has 138 valence electrons. The number of likely N-dealkylation sites (N-methyl/N-ethyl adjacent to an activating group) is 1. The topological polar surface area (TPSA) is 106 Å². The molecule has 1 saturated heterocycles. The van der Waals surface area contributed by atoms with Crippen molar-refractivity contribution in [3.63, 3.8) is 0 Å². The summed E-state index contributed by atoms with van der Waals surface area (Å²) in [4.78, 5) is 25.3. The van der Waals surface area contributed by atoms with Crippen LogP contribution in [0.5, 0.6) is 5.75 Å². The lowest BCUT2D eigenvalue weighted by atomic mass is 10.2. The van der Waals surface area contributed by atoms with Crippen molar-refractivity contribution in [2.24, 2.45) is 5.73 Å². The van der Waals surface area contributed by atoms with Crippen molar-refractivity contribution in [1.82, 2.24) is 5.32 Å². The van der Waals surface area contributed by atoms with Crippen LogP contribution in [0.3, 0.4) is 0 Å². The van der Waals surface area contributed by atoms with Crippen molar-refractivity contribution >= 4 is 23.2 Å². The Labute approximate surface area is 143 Å². The predicted octanol–water partition coefficient (Wildman–Crippen LogP) is 0.136. The molecule has 10 heteroatoms. The standard InChI is InChI=1S/C15H20F2N4O4/c1-19-10(7-18)14(23)20-9-2-3-11(12(6-9)25-15(16)17)21-4-5-24-8-13(21)22/h2-3,6,10,15,19H,4-5,7-8,18H2,1H3,(H,20,23)/t10-/m0/s1. The highest BCUT2D eigenvalue weighted by Gasteiger charge is 2.25. The van der Waals surface area contributed by atoms with Crippen LogP contribution in [-0.2, 0) is 14.3 Å². The van der Waals surface area contributed by atoms with Crippen LogP contribution in [-0.4, -0.2) is 57.8 Å². The quantitative estimate of drug-likeness (QED) is 0.640. The van der Waals surface area contributed by atoms with E-state index in [1.807, 2.05) is 0 Å². The lowest BCUT2D eigenvalue weighted by Gasteiger charge is -2.28. The first kappa shape index (κ1) is 19.0. The van der Waals surface area contributed by atoms with Gasteiger partial charge < -0.3 is 30.7 Å². The van der Waals surface area contributed by atoms with Gasteiger partial charge in [-0.3, -0.25) is 9.59 Å². The van der Waals surface area contributed by atoms with E-state index in [1.165, 1.54) is 23.1 Å². The number of carbonyl (C=O) groups excluding carboxylic acids is 2. The molecule has 2 amide bonds. The summed E-state index contributed by atoms with van der Waals surface area (Å²) in [7, 11) is 1.58. The number of nitrogens with zero attached hydrogens (tertiary/aromatic N) is 1. The van der Waals surface area contributed by atoms with Crippen molar-refractivity contribution < 1.29 is 27.8 Å². The molecule has 1 aromatic carbocycles. The van der Waals surface area contributed by atoms with Gasteiger partial charge in [0, 0.05) is 24.8 Å². The number of alkyl halides is 2. The second-order valence-electron chi connectivity index (χ2n) is 5.23. The molecule has 0 spiro atoms. The summed E-state index contributed by atoms with van der Waals surface area (Å²) >= 11 is 0. The molecule has 0 radical (unpaired) electrons. The highest BCUT2D eigenvalue weighted by atomic mass is 19.3. The number of ether oxygens (including phenoxy) is 2. The summed E-state index contributed by atoms with van der Waals surface area (Å²) in [5.41, 5.74) is 5.91. The predicted molar refractivity (Wildman–Crippen MR) is 86.8 cm³/mol. The monoisotopic (exact) mass is 358 g/mol. The van der Waals surface area contributed by atoms with Gasteiger partial charge in [0.1, 0.15) is 6.61 Å². The molecule has 1 heterocycles. The van der Waals surface area contributed by atoms with Gasteiger partial charge in [0.2, 0.25) is 5.91 Å². The van der Waals surface area contributed by atoms with Gasteiger partial charge in [-0.2, -0.15) is 8.78 Å². The van der Waals surface area contributed by atoms with Crippen LogP contribution in [0, 0.1) is 0 Å². The van der Waals surface area contributed by atoms with E-state index in [-0.39, 0.29) is 42.7 Å². The van der Waals surface area contributed by atoms with E-state index in [0.29, 0.717) is 6.61 Å². The third-order valence-electron chi connectivity index (χ3n) is 3.62. The SMILES string of the molecule is CN[C@@H](CN)C(=O)Nc1ccc(N2CCOCC2=O)c(OC(F)F)c1. The van der Waals surface area contributed by atoms with Crippen molar-refractivity contribution in [3.8, 4) is 5.75 Å². The minimum absolute atomic E-state index is 0.0725. The molecule has 0 aliphatic carbocycles. The average molecular weight is 358 g/mol. The van der Waals surface area contributed by atoms with Crippen molar-refractivity contribution in [3.05, 3.63) is 18.2 Å². The zero-order valence-electron chi connectivity index (χ0n) is 13.6. The number of anilines is 2. The van der Waals surface area contributed by atoms with E-state index in [2.05, 4.69) is 15.4 Å². The van der Waals surface area contributed by atoms with E-state index < -0.39 is 18.6 Å². The number of morpholine rings is 1. The average Bonchev–Trinajstić information content (AvgIpc) is 2.56. The normalized spacial score (nSPS) is 16.0. The molecule has 0 saturated carbocycles. The Bertz CT molecular complexity index is 626. The third kappa shape index (κ3) is 4.84. The largest absolute Gasteiger partial charge is 0.433 e. The van der Waals surface area contributed by atoms with Gasteiger partial charge in [-0.05, 0) is 19.2 Å². The Morgan fingerprint density at radius 2 is 2.24 bits per heavy atom. The van der Waals surface area contributed by atoms with Crippen LogP contribution >= 0.6 is 0 Å². The summed E-state index contributed by atoms with van der Waals surface area (Å²) in [6.07, 6.45) is 0. The van der Waals surface area contributed by atoms with Gasteiger partial charge in [0.05, 0.1) is 18.3 Å². The Morgan fingerprint density at radius 3 is 2.84 bits per heavy atom. The number of amides is 2. The Morgan fingerprint density at radius 1 is 1.48 bits per heavy atom. The van der Waals surface area contributed by atoms with Crippen LogP contribution < -0.4 is 26.0 Å². The number of halogens is 2. The van der Waals surface area contributed by atoms with Gasteiger partial charge in [-0.1, -0.05) is 0 Å². The first-order valence-corrected chi connectivity index (χ1v) is 7.61. The molecular formula is C15H20F2N4O4. The molecular weight excluding hydrogens is 338 g/mol. The van der Waals surface area contributed by atoms with Gasteiger partial charge >= 0.3 is 6.61 Å². The summed E-state index contributed by atoms with van der Waals surface area (Å²) in [5, 5.41) is 5.30. The fraction of sp³-hybridized carbons (Fsp3) is 0.467. The van der Waals surface area contributed by atoms with Gasteiger partial charge in [-0.15, -0.1) is 0 Å². The maximum atomic E-state index is 12.7. The maximum Gasteiger partial charge on any atom is 0.387 e. The van der Waals surface area contributed by atoms with Crippen LogP contribution in [0.1, 0.15) is 0 Å². The molecule has 1 aliphatic heterocycles. The van der Waals surface area contributed by atoms with Crippen LogP contribution in [0.25, 0.3) is 0 Å². The molecule has 1 atom stereocenters. The summed E-state index contributed by atoms with van der Waals surface area (Å²) in [5.74, 6) is -0.986. The number of carbonyl (C=O) groups is 2. The molecule has 8 nitrogen and oxygen atoms in total. The molecule has 4 N–H and O–H groups in total. The van der Waals surface area contributed by atoms with Crippen molar-refractivity contribution in [2.75, 3.05) is 43.6 Å². The van der Waals surface area contributed by atoms with Crippen LogP contribution in [0.4, 0.5) is 20.2 Å². The molecule has 1 aromatic rings. The Balaban J connectivity index is 2.26.